The maximum atomic E-state index is 13.6. The van der Waals surface area contributed by atoms with Gasteiger partial charge in [0.1, 0.15) is 18.0 Å². The summed E-state index contributed by atoms with van der Waals surface area (Å²) in [5.74, 6) is 0.355. The van der Waals surface area contributed by atoms with Gasteiger partial charge in [-0.2, -0.15) is 5.10 Å². The predicted octanol–water partition coefficient (Wildman–Crippen LogP) is 5.18. The van der Waals surface area contributed by atoms with Crippen LogP contribution in [0, 0.1) is 6.92 Å². The number of hydrazone groups is 1. The van der Waals surface area contributed by atoms with Crippen molar-refractivity contribution in [3.05, 3.63) is 82.9 Å². The number of carbonyl (C=O) groups is 1. The number of nitrogens with one attached hydrogen (secondary N) is 1. The summed E-state index contributed by atoms with van der Waals surface area (Å²) in [6.07, 6.45) is 3.50. The molecular weight excluding hydrogens is 514 g/mol. The quantitative estimate of drug-likeness (QED) is 0.193. The predicted molar refractivity (Wildman–Crippen MR) is 146 cm³/mol. The molecule has 0 aliphatic carbocycles. The number of aryl methyl sites for hydroxylation is 1. The van der Waals surface area contributed by atoms with Crippen LogP contribution in [0.1, 0.15) is 30.9 Å². The van der Waals surface area contributed by atoms with Gasteiger partial charge in [-0.3, -0.25) is 9.10 Å². The van der Waals surface area contributed by atoms with Gasteiger partial charge in [0.05, 0.1) is 30.5 Å². The number of halogens is 1. The van der Waals surface area contributed by atoms with E-state index >= 15 is 0 Å². The molecule has 3 rings (SSSR count). The molecule has 0 fully saturated rings. The van der Waals surface area contributed by atoms with Gasteiger partial charge < -0.3 is 9.47 Å². The first kappa shape index (κ1) is 28.0. The molecule has 8 nitrogen and oxygen atoms in total. The van der Waals surface area contributed by atoms with Crippen molar-refractivity contribution in [2.45, 2.75) is 31.6 Å². The first-order valence-corrected chi connectivity index (χ1v) is 13.5. The number of amides is 1. The number of hydrogen-bond donors (Lipinski definition) is 1. The van der Waals surface area contributed by atoms with Crippen molar-refractivity contribution in [3.63, 3.8) is 0 Å². The number of anilines is 1. The van der Waals surface area contributed by atoms with Crippen molar-refractivity contribution in [1.29, 1.82) is 0 Å². The number of carbonyl (C=O) groups excluding carboxylic acids is 1. The van der Waals surface area contributed by atoms with Crippen LogP contribution in [0.25, 0.3) is 0 Å². The van der Waals surface area contributed by atoms with Crippen LogP contribution in [0.4, 0.5) is 5.69 Å². The molecule has 0 unspecified atom stereocenters. The lowest BCUT2D eigenvalue weighted by Gasteiger charge is -2.25. The summed E-state index contributed by atoms with van der Waals surface area (Å²) in [6.45, 7) is 4.06. The lowest BCUT2D eigenvalue weighted by Crippen LogP contribution is -2.39. The molecule has 0 saturated heterocycles. The van der Waals surface area contributed by atoms with E-state index in [0.717, 1.165) is 34.0 Å². The van der Waals surface area contributed by atoms with E-state index in [2.05, 4.69) is 17.5 Å². The normalized spacial score (nSPS) is 11.4. The first-order chi connectivity index (χ1) is 17.7. The number of methoxy groups -OCH3 is 1. The highest BCUT2D eigenvalue weighted by atomic mass is 35.5. The van der Waals surface area contributed by atoms with Crippen LogP contribution < -0.4 is 19.2 Å². The van der Waals surface area contributed by atoms with E-state index in [1.54, 1.807) is 24.3 Å². The smallest absolute Gasteiger partial charge is 0.264 e. The number of benzene rings is 3. The third-order valence-electron chi connectivity index (χ3n) is 5.36. The lowest BCUT2D eigenvalue weighted by molar-refractivity contribution is -0.119. The highest BCUT2D eigenvalue weighted by molar-refractivity contribution is 7.92. The largest absolute Gasteiger partial charge is 0.495 e. The number of ether oxygens (including phenoxy) is 2. The molecule has 0 spiro atoms. The van der Waals surface area contributed by atoms with E-state index in [-0.39, 0.29) is 16.3 Å². The maximum Gasteiger partial charge on any atom is 0.264 e. The lowest BCUT2D eigenvalue weighted by atomic mass is 10.2. The highest BCUT2D eigenvalue weighted by Gasteiger charge is 2.29. The van der Waals surface area contributed by atoms with Crippen molar-refractivity contribution in [2.24, 2.45) is 5.10 Å². The fourth-order valence-corrected chi connectivity index (χ4v) is 4.91. The minimum atomic E-state index is -4.14. The Labute approximate surface area is 222 Å². The molecule has 0 aromatic heterocycles. The van der Waals surface area contributed by atoms with Crippen molar-refractivity contribution in [2.75, 3.05) is 24.6 Å². The molecule has 0 atom stereocenters. The third kappa shape index (κ3) is 7.71. The molecule has 37 heavy (non-hydrogen) atoms. The molecule has 0 aliphatic heterocycles. The van der Waals surface area contributed by atoms with Gasteiger partial charge in [0, 0.05) is 5.02 Å². The maximum absolute atomic E-state index is 13.6. The second kappa shape index (κ2) is 13.1. The standard InChI is InChI=1S/C27H30ClN3O5S/c1-4-5-16-36-23-11-8-21(9-12-23)18-29-30-27(32)19-31(25-17-22(28)10-15-26(25)35-3)37(33,34)24-13-6-20(2)7-14-24/h6-15,17-18H,4-5,16,19H2,1-3H3,(H,30,32)/b29-18-. The molecule has 0 saturated carbocycles. The molecule has 196 valence electrons. The van der Waals surface area contributed by atoms with E-state index < -0.39 is 22.5 Å². The Bertz CT molecular complexity index is 1330. The third-order valence-corrected chi connectivity index (χ3v) is 7.36. The summed E-state index contributed by atoms with van der Waals surface area (Å²) in [7, 11) is -2.73. The molecular formula is C27H30ClN3O5S. The molecule has 0 radical (unpaired) electrons. The van der Waals surface area contributed by atoms with Gasteiger partial charge in [0.25, 0.3) is 15.9 Å². The fraction of sp³-hybridized carbons (Fsp3) is 0.259. The zero-order valence-electron chi connectivity index (χ0n) is 21.0. The Hall–Kier alpha value is -3.56. The summed E-state index contributed by atoms with van der Waals surface area (Å²) in [5, 5.41) is 4.27. The first-order valence-electron chi connectivity index (χ1n) is 11.7. The number of unbranched alkanes of at least 4 members (excludes halogenated alkanes) is 1. The van der Waals surface area contributed by atoms with Gasteiger partial charge in [0.2, 0.25) is 0 Å². The zero-order chi connectivity index (χ0) is 26.8. The topological polar surface area (TPSA) is 97.3 Å². The zero-order valence-corrected chi connectivity index (χ0v) is 22.6. The number of hydrogen-bond acceptors (Lipinski definition) is 6. The van der Waals surface area contributed by atoms with Crippen molar-refractivity contribution in [1.82, 2.24) is 5.43 Å². The summed E-state index contributed by atoms with van der Waals surface area (Å²) >= 11 is 6.16. The number of sulfonamides is 1. The molecule has 0 heterocycles. The minimum Gasteiger partial charge on any atom is -0.495 e. The number of nitrogens with zero attached hydrogens (tertiary/aromatic N) is 2. The monoisotopic (exact) mass is 543 g/mol. The van der Waals surface area contributed by atoms with E-state index in [1.807, 2.05) is 31.2 Å². The summed E-state index contributed by atoms with van der Waals surface area (Å²) in [4.78, 5) is 12.8. The molecule has 0 bridgehead atoms. The van der Waals surface area contributed by atoms with Crippen molar-refractivity contribution >= 4 is 39.4 Å². The van der Waals surface area contributed by atoms with E-state index in [0.29, 0.717) is 11.6 Å². The summed E-state index contributed by atoms with van der Waals surface area (Å²) in [6, 6.07) is 18.2. The molecule has 3 aromatic carbocycles. The van der Waals surface area contributed by atoms with Gasteiger partial charge in [-0.05, 0) is 73.5 Å². The molecule has 0 aliphatic rings. The van der Waals surface area contributed by atoms with Crippen LogP contribution in [-0.2, 0) is 14.8 Å². The Morgan fingerprint density at radius 2 is 1.78 bits per heavy atom. The van der Waals surface area contributed by atoms with Crippen LogP contribution in [0.2, 0.25) is 5.02 Å². The Morgan fingerprint density at radius 1 is 1.08 bits per heavy atom. The van der Waals surface area contributed by atoms with Crippen LogP contribution in [0.15, 0.2) is 76.7 Å². The molecule has 1 N–H and O–H groups in total. The SMILES string of the molecule is CCCCOc1ccc(/C=N\NC(=O)CN(c2cc(Cl)ccc2OC)S(=O)(=O)c2ccc(C)cc2)cc1. The second-order valence-electron chi connectivity index (χ2n) is 8.21. The van der Waals surface area contributed by atoms with E-state index in [1.165, 1.54) is 31.5 Å². The molecule has 10 heteroatoms. The van der Waals surface area contributed by atoms with Gasteiger partial charge in [-0.15, -0.1) is 0 Å². The average molecular weight is 544 g/mol. The Balaban J connectivity index is 1.79. The van der Waals surface area contributed by atoms with Crippen molar-refractivity contribution < 1.29 is 22.7 Å². The molecule has 3 aromatic rings. The van der Waals surface area contributed by atoms with Gasteiger partial charge >= 0.3 is 0 Å². The average Bonchev–Trinajstić information content (AvgIpc) is 2.88. The highest BCUT2D eigenvalue weighted by Crippen LogP contribution is 2.34. The van der Waals surface area contributed by atoms with Gasteiger partial charge in [-0.1, -0.05) is 42.6 Å². The van der Waals surface area contributed by atoms with Gasteiger partial charge in [-0.25, -0.2) is 13.8 Å². The minimum absolute atomic E-state index is 0.0256. The summed E-state index contributed by atoms with van der Waals surface area (Å²) in [5.41, 5.74) is 4.17. The van der Waals surface area contributed by atoms with Crippen LogP contribution in [0.3, 0.4) is 0 Å². The van der Waals surface area contributed by atoms with E-state index in [9.17, 15) is 13.2 Å². The second-order valence-corrected chi connectivity index (χ2v) is 10.5. The number of rotatable bonds is 12. The van der Waals surface area contributed by atoms with Crippen molar-refractivity contribution in [3.8, 4) is 11.5 Å². The molecule has 1 amide bonds. The fourth-order valence-electron chi connectivity index (χ4n) is 3.32. The van der Waals surface area contributed by atoms with Crippen LogP contribution in [-0.4, -0.2) is 40.8 Å². The Kier molecular flexibility index (Phi) is 9.93. The van der Waals surface area contributed by atoms with Gasteiger partial charge in [0.15, 0.2) is 0 Å². The summed E-state index contributed by atoms with van der Waals surface area (Å²) < 4.78 is 39.1. The van der Waals surface area contributed by atoms with Crippen LogP contribution in [0.5, 0.6) is 11.5 Å². The van der Waals surface area contributed by atoms with Crippen LogP contribution >= 0.6 is 11.6 Å². The van der Waals surface area contributed by atoms with E-state index in [4.69, 9.17) is 21.1 Å². The Morgan fingerprint density at radius 3 is 2.43 bits per heavy atom.